The fourth-order valence-corrected chi connectivity index (χ4v) is 3.53. The summed E-state index contributed by atoms with van der Waals surface area (Å²) in [6, 6.07) is 0. The third kappa shape index (κ3) is 24.8. The molecule has 0 aromatic carbocycles. The molecule has 0 aliphatic carbocycles. The highest BCUT2D eigenvalue weighted by Crippen LogP contribution is 2.10. The molecule has 6 heteroatoms. The van der Waals surface area contributed by atoms with Crippen LogP contribution in [0.5, 0.6) is 0 Å². The van der Waals surface area contributed by atoms with Crippen molar-refractivity contribution in [2.75, 3.05) is 26.3 Å². The summed E-state index contributed by atoms with van der Waals surface area (Å²) in [6.07, 6.45) is 20.4. The van der Waals surface area contributed by atoms with Crippen LogP contribution in [0.15, 0.2) is 0 Å². The normalized spacial score (nSPS) is 10.7. The monoisotopic (exact) mass is 456 g/mol. The van der Waals surface area contributed by atoms with Gasteiger partial charge in [0.25, 0.3) is 0 Å². The number of carbonyl (C=O) groups is 2. The van der Waals surface area contributed by atoms with Crippen molar-refractivity contribution in [3.63, 3.8) is 0 Å². The smallest absolute Gasteiger partial charge is 0.407 e. The summed E-state index contributed by atoms with van der Waals surface area (Å²) in [5.74, 6) is 0. The number of alkyl carbamates (subject to hydrolysis) is 2. The van der Waals surface area contributed by atoms with E-state index in [1.807, 2.05) is 0 Å². The van der Waals surface area contributed by atoms with Gasteiger partial charge in [0.1, 0.15) is 0 Å². The van der Waals surface area contributed by atoms with E-state index in [2.05, 4.69) is 24.5 Å². The van der Waals surface area contributed by atoms with Gasteiger partial charge in [-0.05, 0) is 25.7 Å². The molecule has 0 aliphatic heterocycles. The van der Waals surface area contributed by atoms with Gasteiger partial charge in [-0.15, -0.1) is 0 Å². The minimum Gasteiger partial charge on any atom is -0.450 e. The van der Waals surface area contributed by atoms with Crippen LogP contribution in [0, 0.1) is 0 Å². The van der Waals surface area contributed by atoms with Crippen LogP contribution >= 0.6 is 0 Å². The van der Waals surface area contributed by atoms with Crippen molar-refractivity contribution in [2.45, 2.75) is 129 Å². The summed E-state index contributed by atoms with van der Waals surface area (Å²) in [5.41, 5.74) is 0. The molecule has 0 saturated carbocycles. The number of unbranched alkanes of at least 4 members (excludes halogenated alkanes) is 15. The lowest BCUT2D eigenvalue weighted by Crippen LogP contribution is -2.25. The Bertz CT molecular complexity index is 381. The van der Waals surface area contributed by atoms with Crippen LogP contribution < -0.4 is 10.6 Å². The highest BCUT2D eigenvalue weighted by molar-refractivity contribution is 5.67. The molecule has 190 valence electrons. The molecule has 0 saturated heterocycles. The van der Waals surface area contributed by atoms with Crippen molar-refractivity contribution in [1.82, 2.24) is 10.6 Å². The predicted molar refractivity (Wildman–Crippen MR) is 133 cm³/mol. The number of carbonyl (C=O) groups excluding carboxylic acids is 2. The van der Waals surface area contributed by atoms with E-state index in [4.69, 9.17) is 9.47 Å². The fourth-order valence-electron chi connectivity index (χ4n) is 3.53. The zero-order valence-electron chi connectivity index (χ0n) is 21.2. The maximum absolute atomic E-state index is 11.5. The number of hydrogen-bond donors (Lipinski definition) is 2. The molecule has 0 heterocycles. The number of hydrogen-bond acceptors (Lipinski definition) is 4. The van der Waals surface area contributed by atoms with Crippen molar-refractivity contribution in [1.29, 1.82) is 0 Å². The van der Waals surface area contributed by atoms with E-state index in [0.29, 0.717) is 26.3 Å². The molecule has 0 atom stereocenters. The molecule has 32 heavy (non-hydrogen) atoms. The molecule has 0 radical (unpaired) electrons. The molecule has 0 fully saturated rings. The van der Waals surface area contributed by atoms with Crippen molar-refractivity contribution < 1.29 is 19.1 Å². The molecule has 0 aliphatic rings. The van der Waals surface area contributed by atoms with Crippen LogP contribution in [0.4, 0.5) is 9.59 Å². The summed E-state index contributed by atoms with van der Waals surface area (Å²) < 4.78 is 10.3. The first-order valence-electron chi connectivity index (χ1n) is 13.5. The van der Waals surface area contributed by atoms with Crippen LogP contribution in [0.25, 0.3) is 0 Å². The van der Waals surface area contributed by atoms with Crippen LogP contribution in [0.3, 0.4) is 0 Å². The quantitative estimate of drug-likeness (QED) is 0.156. The standard InChI is InChI=1S/C26H52N2O4/c1-3-5-7-19-23-31-25(29)27-21-17-15-13-11-9-10-12-14-16-18-22-28-26(30)32-24-20-8-6-4-2/h3-24H2,1-2H3,(H,27,29)(H,28,30). The molecule has 0 bridgehead atoms. The Morgan fingerprint density at radius 3 is 1.12 bits per heavy atom. The molecule has 0 aromatic rings. The largest absolute Gasteiger partial charge is 0.450 e. The van der Waals surface area contributed by atoms with Crippen molar-refractivity contribution in [3.8, 4) is 0 Å². The van der Waals surface area contributed by atoms with E-state index in [0.717, 1.165) is 51.4 Å². The first-order chi connectivity index (χ1) is 15.7. The fraction of sp³-hybridized carbons (Fsp3) is 0.923. The number of amides is 2. The average molecular weight is 457 g/mol. The van der Waals surface area contributed by atoms with Gasteiger partial charge in [-0.1, -0.05) is 104 Å². The number of rotatable bonds is 23. The molecule has 0 rings (SSSR count). The lowest BCUT2D eigenvalue weighted by Gasteiger charge is -2.07. The van der Waals surface area contributed by atoms with Crippen molar-refractivity contribution >= 4 is 12.2 Å². The van der Waals surface area contributed by atoms with E-state index in [1.54, 1.807) is 0 Å². The second kappa shape index (κ2) is 25.8. The first kappa shape index (κ1) is 30.5. The Hall–Kier alpha value is -1.46. The maximum atomic E-state index is 11.5. The first-order valence-corrected chi connectivity index (χ1v) is 13.5. The van der Waals surface area contributed by atoms with Crippen LogP contribution in [0.2, 0.25) is 0 Å². The van der Waals surface area contributed by atoms with E-state index in [1.165, 1.54) is 64.2 Å². The second-order valence-corrected chi connectivity index (χ2v) is 8.78. The van der Waals surface area contributed by atoms with Crippen LogP contribution in [0.1, 0.15) is 129 Å². The Labute approximate surface area is 198 Å². The third-order valence-electron chi connectivity index (χ3n) is 5.60. The Balaban J connectivity index is 3.19. The van der Waals surface area contributed by atoms with E-state index in [9.17, 15) is 9.59 Å². The molecule has 0 spiro atoms. The highest BCUT2D eigenvalue weighted by atomic mass is 16.6. The minimum atomic E-state index is -0.268. The Kier molecular flexibility index (Phi) is 24.6. The van der Waals surface area contributed by atoms with E-state index in [-0.39, 0.29) is 12.2 Å². The van der Waals surface area contributed by atoms with Gasteiger partial charge in [-0.2, -0.15) is 0 Å². The van der Waals surface area contributed by atoms with Gasteiger partial charge in [-0.3, -0.25) is 0 Å². The highest BCUT2D eigenvalue weighted by Gasteiger charge is 2.02. The SMILES string of the molecule is CCCCCCOC(=O)NCCCCCCCCCCCCNC(=O)OCCCCCC. The molecule has 6 nitrogen and oxygen atoms in total. The molecule has 0 unspecified atom stereocenters. The summed E-state index contributed by atoms with van der Waals surface area (Å²) in [6.45, 7) is 6.85. The lowest BCUT2D eigenvalue weighted by molar-refractivity contribution is 0.143. The molecule has 2 amide bonds. The topological polar surface area (TPSA) is 76.7 Å². The van der Waals surface area contributed by atoms with Gasteiger partial charge < -0.3 is 20.1 Å². The van der Waals surface area contributed by atoms with Crippen LogP contribution in [-0.2, 0) is 9.47 Å². The van der Waals surface area contributed by atoms with Crippen molar-refractivity contribution in [3.05, 3.63) is 0 Å². The zero-order valence-corrected chi connectivity index (χ0v) is 21.2. The molecular weight excluding hydrogens is 404 g/mol. The summed E-state index contributed by atoms with van der Waals surface area (Å²) >= 11 is 0. The summed E-state index contributed by atoms with van der Waals surface area (Å²) in [4.78, 5) is 23.0. The maximum Gasteiger partial charge on any atom is 0.407 e. The second-order valence-electron chi connectivity index (χ2n) is 8.78. The van der Waals surface area contributed by atoms with Gasteiger partial charge in [-0.25, -0.2) is 9.59 Å². The van der Waals surface area contributed by atoms with Gasteiger partial charge in [0.15, 0.2) is 0 Å². The Morgan fingerprint density at radius 1 is 0.469 bits per heavy atom. The van der Waals surface area contributed by atoms with E-state index < -0.39 is 0 Å². The number of nitrogens with one attached hydrogen (secondary N) is 2. The van der Waals surface area contributed by atoms with Gasteiger partial charge in [0.2, 0.25) is 0 Å². The molecular formula is C26H52N2O4. The van der Waals surface area contributed by atoms with Gasteiger partial charge >= 0.3 is 12.2 Å². The van der Waals surface area contributed by atoms with Gasteiger partial charge in [0.05, 0.1) is 13.2 Å². The Morgan fingerprint density at radius 2 is 0.781 bits per heavy atom. The lowest BCUT2D eigenvalue weighted by atomic mass is 10.1. The summed E-state index contributed by atoms with van der Waals surface area (Å²) in [5, 5.41) is 5.68. The molecule has 2 N–H and O–H groups in total. The van der Waals surface area contributed by atoms with Crippen LogP contribution in [-0.4, -0.2) is 38.5 Å². The molecule has 0 aromatic heterocycles. The van der Waals surface area contributed by atoms with Crippen molar-refractivity contribution in [2.24, 2.45) is 0 Å². The summed E-state index contributed by atoms with van der Waals surface area (Å²) in [7, 11) is 0. The minimum absolute atomic E-state index is 0.268. The predicted octanol–water partition coefficient (Wildman–Crippen LogP) is 7.50. The van der Waals surface area contributed by atoms with E-state index >= 15 is 0 Å². The zero-order chi connectivity index (χ0) is 23.5. The number of ether oxygens (including phenoxy) is 2. The average Bonchev–Trinajstić information content (AvgIpc) is 2.79. The van der Waals surface area contributed by atoms with Gasteiger partial charge in [0, 0.05) is 13.1 Å². The third-order valence-corrected chi connectivity index (χ3v) is 5.60.